The van der Waals surface area contributed by atoms with Crippen molar-refractivity contribution in [3.63, 3.8) is 0 Å². The summed E-state index contributed by atoms with van der Waals surface area (Å²) in [6.45, 7) is 3.14. The lowest BCUT2D eigenvalue weighted by atomic mass is 9.93. The summed E-state index contributed by atoms with van der Waals surface area (Å²) < 4.78 is 26.6. The Morgan fingerprint density at radius 1 is 1.50 bits per heavy atom. The quantitative estimate of drug-likeness (QED) is 0.894. The van der Waals surface area contributed by atoms with E-state index >= 15 is 0 Å². The van der Waals surface area contributed by atoms with E-state index in [2.05, 4.69) is 6.92 Å². The monoisotopic (exact) mass is 338 g/mol. The first kappa shape index (κ1) is 17.9. The van der Waals surface area contributed by atoms with Gasteiger partial charge in [0.05, 0.1) is 5.75 Å². The molecule has 0 radical (unpaired) electrons. The number of halogens is 1. The average molecular weight is 339 g/mol. The molecule has 1 aromatic heterocycles. The van der Waals surface area contributed by atoms with Gasteiger partial charge in [0.25, 0.3) is 0 Å². The largest absolute Gasteiger partial charge is 0.329 e. The minimum atomic E-state index is -3.19. The van der Waals surface area contributed by atoms with Crippen molar-refractivity contribution in [2.75, 3.05) is 18.8 Å². The molecule has 1 aliphatic rings. The predicted molar refractivity (Wildman–Crippen MR) is 87.0 cm³/mol. The topological polar surface area (TPSA) is 63.4 Å². The van der Waals surface area contributed by atoms with Gasteiger partial charge in [-0.1, -0.05) is 13.0 Å². The molecule has 0 saturated carbocycles. The van der Waals surface area contributed by atoms with Crippen LogP contribution in [0.2, 0.25) is 0 Å². The fourth-order valence-corrected chi connectivity index (χ4v) is 5.37. The molecule has 2 N–H and O–H groups in total. The summed E-state index contributed by atoms with van der Waals surface area (Å²) in [7, 11) is -3.19. The molecular formula is C13H23ClN2O2S2. The third-order valence-electron chi connectivity index (χ3n) is 3.85. The average Bonchev–Trinajstić information content (AvgIpc) is 2.89. The predicted octanol–water partition coefficient (Wildman–Crippen LogP) is 2.10. The van der Waals surface area contributed by atoms with Crippen LogP contribution < -0.4 is 5.73 Å². The Balaban J connectivity index is 0.00000200. The number of hydrogen-bond donors (Lipinski definition) is 1. The number of nitrogens with two attached hydrogens (primary N) is 1. The van der Waals surface area contributed by atoms with E-state index in [1.165, 1.54) is 0 Å². The number of piperidine rings is 1. The van der Waals surface area contributed by atoms with Crippen LogP contribution in [0.1, 0.15) is 24.6 Å². The number of rotatable bonds is 5. The molecular weight excluding hydrogens is 316 g/mol. The standard InChI is InChI=1S/C13H22N2O2S2.ClH/c1-11-4-2-7-15(13(11)10-14)19(16,17)9-6-12-5-3-8-18-12;/h3,5,8,11,13H,2,4,6-7,9-10,14H2,1H3;1H. The highest BCUT2D eigenvalue weighted by atomic mass is 35.5. The highest BCUT2D eigenvalue weighted by molar-refractivity contribution is 7.89. The summed E-state index contributed by atoms with van der Waals surface area (Å²) in [5, 5.41) is 1.98. The van der Waals surface area contributed by atoms with Crippen molar-refractivity contribution in [2.45, 2.75) is 32.2 Å². The number of thiophene rings is 1. The zero-order valence-corrected chi connectivity index (χ0v) is 14.1. The number of sulfonamides is 1. The van der Waals surface area contributed by atoms with Crippen molar-refractivity contribution in [2.24, 2.45) is 11.7 Å². The summed E-state index contributed by atoms with van der Waals surface area (Å²) >= 11 is 1.61. The van der Waals surface area contributed by atoms with Crippen LogP contribution >= 0.6 is 23.7 Å². The highest BCUT2D eigenvalue weighted by Gasteiger charge is 2.35. The Hall–Kier alpha value is -0.140. The normalized spacial score (nSPS) is 24.3. The summed E-state index contributed by atoms with van der Waals surface area (Å²) in [5.74, 6) is 0.548. The first-order valence-electron chi connectivity index (χ1n) is 6.76. The molecule has 2 heterocycles. The van der Waals surface area contributed by atoms with Crippen LogP contribution in [0.3, 0.4) is 0 Å². The molecule has 2 rings (SSSR count). The minimum Gasteiger partial charge on any atom is -0.329 e. The van der Waals surface area contributed by atoms with Gasteiger partial charge in [-0.2, -0.15) is 4.31 Å². The molecule has 2 unspecified atom stereocenters. The lowest BCUT2D eigenvalue weighted by Crippen LogP contribution is -2.52. The second-order valence-electron chi connectivity index (χ2n) is 5.18. The van der Waals surface area contributed by atoms with Gasteiger partial charge >= 0.3 is 0 Å². The molecule has 116 valence electrons. The smallest absolute Gasteiger partial charge is 0.214 e. The van der Waals surface area contributed by atoms with Gasteiger partial charge in [-0.3, -0.25) is 0 Å². The zero-order valence-electron chi connectivity index (χ0n) is 11.7. The number of nitrogens with zero attached hydrogens (tertiary/aromatic N) is 1. The van der Waals surface area contributed by atoms with Gasteiger partial charge in [-0.25, -0.2) is 8.42 Å². The number of hydrogen-bond acceptors (Lipinski definition) is 4. The van der Waals surface area contributed by atoms with Crippen molar-refractivity contribution >= 4 is 33.8 Å². The van der Waals surface area contributed by atoms with E-state index in [0.29, 0.717) is 25.4 Å². The lowest BCUT2D eigenvalue weighted by Gasteiger charge is -2.38. The van der Waals surface area contributed by atoms with Gasteiger partial charge in [0.2, 0.25) is 10.0 Å². The summed E-state index contributed by atoms with van der Waals surface area (Å²) in [6, 6.07) is 3.92. The van der Waals surface area contributed by atoms with Gasteiger partial charge in [-0.05, 0) is 36.6 Å². The van der Waals surface area contributed by atoms with Crippen LogP contribution in [0.5, 0.6) is 0 Å². The Morgan fingerprint density at radius 2 is 2.25 bits per heavy atom. The van der Waals surface area contributed by atoms with Crippen molar-refractivity contribution in [3.05, 3.63) is 22.4 Å². The fourth-order valence-electron chi connectivity index (χ4n) is 2.71. The Kier molecular flexibility index (Phi) is 6.94. The molecule has 0 aliphatic carbocycles. The van der Waals surface area contributed by atoms with Crippen molar-refractivity contribution in [1.82, 2.24) is 4.31 Å². The molecule has 1 saturated heterocycles. The Labute approximate surface area is 131 Å². The van der Waals surface area contributed by atoms with Crippen molar-refractivity contribution in [1.29, 1.82) is 0 Å². The van der Waals surface area contributed by atoms with E-state index < -0.39 is 10.0 Å². The molecule has 1 aliphatic heterocycles. The van der Waals surface area contributed by atoms with Gasteiger partial charge in [0.1, 0.15) is 0 Å². The third-order valence-corrected chi connectivity index (χ3v) is 6.67. The maximum atomic E-state index is 12.5. The van der Waals surface area contributed by atoms with Gasteiger partial charge in [-0.15, -0.1) is 23.7 Å². The summed E-state index contributed by atoms with van der Waals surface area (Å²) in [5.41, 5.74) is 5.77. The maximum absolute atomic E-state index is 12.5. The molecule has 2 atom stereocenters. The molecule has 0 spiro atoms. The Bertz CT molecular complexity index is 490. The van der Waals surface area contributed by atoms with E-state index in [4.69, 9.17) is 5.73 Å². The molecule has 0 aromatic carbocycles. The van der Waals surface area contributed by atoms with E-state index in [-0.39, 0.29) is 24.2 Å². The van der Waals surface area contributed by atoms with Gasteiger partial charge in [0.15, 0.2) is 0 Å². The molecule has 7 heteroatoms. The van der Waals surface area contributed by atoms with Crippen LogP contribution in [0, 0.1) is 5.92 Å². The minimum absolute atomic E-state index is 0. The second-order valence-corrected chi connectivity index (χ2v) is 8.25. The van der Waals surface area contributed by atoms with E-state index in [0.717, 1.165) is 17.7 Å². The van der Waals surface area contributed by atoms with Gasteiger partial charge in [0, 0.05) is 24.0 Å². The maximum Gasteiger partial charge on any atom is 0.214 e. The zero-order chi connectivity index (χ0) is 13.9. The van der Waals surface area contributed by atoms with Crippen LogP contribution in [-0.2, 0) is 16.4 Å². The number of aryl methyl sites for hydroxylation is 1. The van der Waals surface area contributed by atoms with E-state index in [1.807, 2.05) is 17.5 Å². The first-order valence-corrected chi connectivity index (χ1v) is 9.25. The van der Waals surface area contributed by atoms with Crippen molar-refractivity contribution in [3.8, 4) is 0 Å². The van der Waals surface area contributed by atoms with Crippen LogP contribution in [0.25, 0.3) is 0 Å². The first-order chi connectivity index (χ1) is 9.04. The molecule has 4 nitrogen and oxygen atoms in total. The molecule has 0 bridgehead atoms. The van der Waals surface area contributed by atoms with E-state index in [9.17, 15) is 8.42 Å². The van der Waals surface area contributed by atoms with Crippen LogP contribution in [-0.4, -0.2) is 37.6 Å². The van der Waals surface area contributed by atoms with Gasteiger partial charge < -0.3 is 5.73 Å². The lowest BCUT2D eigenvalue weighted by molar-refractivity contribution is 0.192. The molecule has 1 aromatic rings. The SMILES string of the molecule is CC1CCCN(S(=O)(=O)CCc2cccs2)C1CN.Cl. The highest BCUT2D eigenvalue weighted by Crippen LogP contribution is 2.26. The second kappa shape index (κ2) is 7.75. The summed E-state index contributed by atoms with van der Waals surface area (Å²) in [6.07, 6.45) is 2.61. The summed E-state index contributed by atoms with van der Waals surface area (Å²) in [4.78, 5) is 1.12. The molecule has 0 amide bonds. The Morgan fingerprint density at radius 3 is 2.85 bits per heavy atom. The molecule has 1 fully saturated rings. The van der Waals surface area contributed by atoms with Crippen LogP contribution in [0.4, 0.5) is 0 Å². The van der Waals surface area contributed by atoms with E-state index in [1.54, 1.807) is 15.6 Å². The van der Waals surface area contributed by atoms with Crippen LogP contribution in [0.15, 0.2) is 17.5 Å². The third kappa shape index (κ3) is 4.18. The molecule has 20 heavy (non-hydrogen) atoms. The van der Waals surface area contributed by atoms with Crippen molar-refractivity contribution < 1.29 is 8.42 Å². The fraction of sp³-hybridized carbons (Fsp3) is 0.692.